The second kappa shape index (κ2) is 5.11. The molecule has 2 aromatic rings. The normalized spacial score (nSPS) is 21.1. The zero-order valence-electron chi connectivity index (χ0n) is 12.8. The molecular weight excluding hydrogens is 268 g/mol. The van der Waals surface area contributed by atoms with Gasteiger partial charge in [-0.3, -0.25) is 0 Å². The molecule has 0 amide bonds. The summed E-state index contributed by atoms with van der Waals surface area (Å²) in [6.07, 6.45) is 0.819. The summed E-state index contributed by atoms with van der Waals surface area (Å²) >= 11 is 0. The van der Waals surface area contributed by atoms with Gasteiger partial charge < -0.3 is 19.3 Å². The van der Waals surface area contributed by atoms with Crippen LogP contribution in [0.25, 0.3) is 10.8 Å². The zero-order chi connectivity index (χ0) is 15.1. The van der Waals surface area contributed by atoms with Gasteiger partial charge in [-0.2, -0.15) is 0 Å². The smallest absolute Gasteiger partial charge is 0.134 e. The van der Waals surface area contributed by atoms with Crippen molar-refractivity contribution in [3.8, 4) is 17.2 Å². The Morgan fingerprint density at radius 2 is 1.90 bits per heavy atom. The summed E-state index contributed by atoms with van der Waals surface area (Å²) in [6, 6.07) is 5.80. The van der Waals surface area contributed by atoms with Crippen LogP contribution in [0.4, 0.5) is 0 Å². The van der Waals surface area contributed by atoms with E-state index in [0.717, 1.165) is 22.9 Å². The molecule has 0 unspecified atom stereocenters. The highest BCUT2D eigenvalue weighted by Gasteiger charge is 2.27. The highest BCUT2D eigenvalue weighted by molar-refractivity contribution is 5.96. The van der Waals surface area contributed by atoms with Gasteiger partial charge in [0.2, 0.25) is 0 Å². The molecule has 0 fully saturated rings. The molecule has 21 heavy (non-hydrogen) atoms. The lowest BCUT2D eigenvalue weighted by Gasteiger charge is -2.29. The van der Waals surface area contributed by atoms with Crippen LogP contribution in [0, 0.1) is 0 Å². The van der Waals surface area contributed by atoms with Gasteiger partial charge in [-0.1, -0.05) is 6.07 Å². The van der Waals surface area contributed by atoms with Gasteiger partial charge in [-0.05, 0) is 37.3 Å². The fourth-order valence-corrected chi connectivity index (χ4v) is 3.21. The van der Waals surface area contributed by atoms with Crippen molar-refractivity contribution >= 4 is 10.8 Å². The second-order valence-electron chi connectivity index (χ2n) is 5.52. The van der Waals surface area contributed by atoms with E-state index in [9.17, 15) is 5.11 Å². The number of fused-ring (bicyclic) bond motifs is 2. The molecule has 0 saturated carbocycles. The third-order valence-corrected chi connectivity index (χ3v) is 4.08. The Labute approximate surface area is 124 Å². The minimum atomic E-state index is -0.125. The Kier molecular flexibility index (Phi) is 3.41. The van der Waals surface area contributed by atoms with Crippen molar-refractivity contribution in [2.24, 2.45) is 0 Å². The molecule has 0 aliphatic carbocycles. The van der Waals surface area contributed by atoms with Crippen LogP contribution < -0.4 is 9.47 Å². The van der Waals surface area contributed by atoms with Gasteiger partial charge in [-0.15, -0.1) is 0 Å². The van der Waals surface area contributed by atoms with Gasteiger partial charge in [-0.25, -0.2) is 0 Å². The fourth-order valence-electron chi connectivity index (χ4n) is 3.21. The average Bonchev–Trinajstić information content (AvgIpc) is 2.44. The predicted molar refractivity (Wildman–Crippen MR) is 81.4 cm³/mol. The van der Waals surface area contributed by atoms with Crippen molar-refractivity contribution in [3.05, 3.63) is 29.3 Å². The Morgan fingerprint density at radius 3 is 2.57 bits per heavy atom. The van der Waals surface area contributed by atoms with E-state index in [4.69, 9.17) is 14.2 Å². The topological polar surface area (TPSA) is 47.9 Å². The van der Waals surface area contributed by atoms with Crippen molar-refractivity contribution in [1.82, 2.24) is 0 Å². The third-order valence-electron chi connectivity index (χ3n) is 4.08. The number of hydrogen-bond acceptors (Lipinski definition) is 4. The first-order valence-corrected chi connectivity index (χ1v) is 7.11. The number of rotatable bonds is 2. The molecule has 0 saturated heterocycles. The van der Waals surface area contributed by atoms with E-state index in [-0.39, 0.29) is 18.0 Å². The fraction of sp³-hybridized carbons (Fsp3) is 0.412. The number of aromatic hydroxyl groups is 1. The maximum absolute atomic E-state index is 10.7. The van der Waals surface area contributed by atoms with Crippen molar-refractivity contribution in [1.29, 1.82) is 0 Å². The van der Waals surface area contributed by atoms with Gasteiger partial charge >= 0.3 is 0 Å². The molecule has 0 spiro atoms. The molecule has 0 aromatic heterocycles. The van der Waals surface area contributed by atoms with Crippen LogP contribution in [-0.4, -0.2) is 25.4 Å². The number of hydrogen-bond donors (Lipinski definition) is 1. The Hall–Kier alpha value is -1.94. The van der Waals surface area contributed by atoms with E-state index in [0.29, 0.717) is 16.9 Å². The van der Waals surface area contributed by atoms with E-state index in [2.05, 4.69) is 6.07 Å². The second-order valence-corrected chi connectivity index (χ2v) is 5.52. The van der Waals surface area contributed by atoms with Gasteiger partial charge in [0, 0.05) is 11.6 Å². The average molecular weight is 288 g/mol. The molecule has 1 heterocycles. The molecule has 1 N–H and O–H groups in total. The molecular formula is C17H20O4. The van der Waals surface area contributed by atoms with Gasteiger partial charge in [0.25, 0.3) is 0 Å². The molecule has 1 aliphatic rings. The van der Waals surface area contributed by atoms with Crippen LogP contribution in [0.1, 0.15) is 31.1 Å². The van der Waals surface area contributed by atoms with Crippen LogP contribution in [0.3, 0.4) is 0 Å². The summed E-state index contributed by atoms with van der Waals surface area (Å²) in [4.78, 5) is 0. The summed E-state index contributed by atoms with van der Waals surface area (Å²) in [7, 11) is 3.21. The summed E-state index contributed by atoms with van der Waals surface area (Å²) in [5, 5.41) is 12.4. The SMILES string of the molecule is COc1cc(OC)c2c(O)c3c(cc2c1)C[C@H](C)O[C@@H]3C. The van der Waals surface area contributed by atoms with Crippen molar-refractivity contribution < 1.29 is 19.3 Å². The Morgan fingerprint density at radius 1 is 1.14 bits per heavy atom. The number of phenols is 1. The molecule has 0 radical (unpaired) electrons. The molecule has 2 atom stereocenters. The summed E-state index contributed by atoms with van der Waals surface area (Å²) < 4.78 is 16.6. The first kappa shape index (κ1) is 14.0. The molecule has 112 valence electrons. The molecule has 4 heteroatoms. The zero-order valence-corrected chi connectivity index (χ0v) is 12.8. The lowest BCUT2D eigenvalue weighted by molar-refractivity contribution is -0.00582. The molecule has 3 rings (SSSR count). The quantitative estimate of drug-likeness (QED) is 0.917. The van der Waals surface area contributed by atoms with Gasteiger partial charge in [0.15, 0.2) is 0 Å². The Bertz CT molecular complexity index is 693. The number of methoxy groups -OCH3 is 2. The lowest BCUT2D eigenvalue weighted by atomic mass is 9.90. The maximum Gasteiger partial charge on any atom is 0.134 e. The van der Waals surface area contributed by atoms with Crippen molar-refractivity contribution in [3.63, 3.8) is 0 Å². The first-order valence-electron chi connectivity index (χ1n) is 7.11. The van der Waals surface area contributed by atoms with Crippen LogP contribution in [0.15, 0.2) is 18.2 Å². The molecule has 1 aliphatic heterocycles. The lowest BCUT2D eigenvalue weighted by Crippen LogP contribution is -2.22. The molecule has 0 bridgehead atoms. The van der Waals surface area contributed by atoms with E-state index in [1.54, 1.807) is 20.3 Å². The van der Waals surface area contributed by atoms with Gasteiger partial charge in [0.1, 0.15) is 17.2 Å². The first-order chi connectivity index (χ1) is 10.0. The van der Waals surface area contributed by atoms with E-state index < -0.39 is 0 Å². The summed E-state index contributed by atoms with van der Waals surface area (Å²) in [5.74, 6) is 1.57. The van der Waals surface area contributed by atoms with E-state index in [1.165, 1.54) is 0 Å². The van der Waals surface area contributed by atoms with Crippen LogP contribution in [0.5, 0.6) is 17.2 Å². The van der Waals surface area contributed by atoms with Crippen molar-refractivity contribution in [2.75, 3.05) is 14.2 Å². The standard InChI is InChI=1S/C17H20O4/c1-9-5-11-6-12-7-13(19-3)8-14(20-4)16(12)17(18)15(11)10(2)21-9/h6-10,18H,5H2,1-4H3/t9-,10+/m0/s1. The maximum atomic E-state index is 10.7. The minimum absolute atomic E-state index is 0.125. The highest BCUT2D eigenvalue weighted by atomic mass is 16.5. The van der Waals surface area contributed by atoms with Crippen LogP contribution >= 0.6 is 0 Å². The largest absolute Gasteiger partial charge is 0.507 e. The van der Waals surface area contributed by atoms with Crippen LogP contribution in [-0.2, 0) is 11.2 Å². The number of phenolic OH excluding ortho intramolecular Hbond substituents is 1. The van der Waals surface area contributed by atoms with Crippen molar-refractivity contribution in [2.45, 2.75) is 32.5 Å². The van der Waals surface area contributed by atoms with Crippen LogP contribution in [0.2, 0.25) is 0 Å². The third kappa shape index (κ3) is 2.20. The summed E-state index contributed by atoms with van der Waals surface area (Å²) in [6.45, 7) is 4.02. The van der Waals surface area contributed by atoms with E-state index in [1.807, 2.05) is 19.9 Å². The number of benzene rings is 2. The number of ether oxygens (including phenoxy) is 3. The molecule has 4 nitrogen and oxygen atoms in total. The predicted octanol–water partition coefficient (Wildman–Crippen LogP) is 3.58. The monoisotopic (exact) mass is 288 g/mol. The minimum Gasteiger partial charge on any atom is -0.507 e. The van der Waals surface area contributed by atoms with Gasteiger partial charge in [0.05, 0.1) is 31.8 Å². The van der Waals surface area contributed by atoms with E-state index >= 15 is 0 Å². The summed E-state index contributed by atoms with van der Waals surface area (Å²) in [5.41, 5.74) is 1.99. The molecule has 2 aromatic carbocycles. The Balaban J connectivity index is 2.33. The highest BCUT2D eigenvalue weighted by Crippen LogP contribution is 2.45.